The van der Waals surface area contributed by atoms with E-state index in [4.69, 9.17) is 9.26 Å². The van der Waals surface area contributed by atoms with E-state index in [-0.39, 0.29) is 24.4 Å². The van der Waals surface area contributed by atoms with Gasteiger partial charge in [0.1, 0.15) is 11.6 Å². The Bertz CT molecular complexity index is 905. The molecule has 0 unspecified atom stereocenters. The molecular weight excluding hydrogens is 384 g/mol. The molecule has 1 fully saturated rings. The van der Waals surface area contributed by atoms with Crippen LogP contribution in [0.5, 0.6) is 0 Å². The Labute approximate surface area is 157 Å². The molecule has 1 saturated heterocycles. The van der Waals surface area contributed by atoms with Crippen LogP contribution in [0, 0.1) is 5.82 Å². The van der Waals surface area contributed by atoms with Crippen LogP contribution in [-0.2, 0) is 17.3 Å². The minimum absolute atomic E-state index is 0.00109. The topological polar surface area (TPSA) is 75.5 Å². The third-order valence-corrected chi connectivity index (χ3v) is 4.83. The van der Waals surface area contributed by atoms with Gasteiger partial charge in [-0.3, -0.25) is 4.79 Å². The molecule has 2 aromatic rings. The number of likely N-dealkylation sites (tertiary alicyclic amines) is 1. The summed E-state index contributed by atoms with van der Waals surface area (Å²) in [5.74, 6) is -0.798. The molecule has 1 aromatic carbocycles. The van der Waals surface area contributed by atoms with Gasteiger partial charge in [-0.25, -0.2) is 9.18 Å². The molecule has 1 N–H and O–H groups in total. The maximum Gasteiger partial charge on any atom is 0.416 e. The molecule has 1 aliphatic heterocycles. The summed E-state index contributed by atoms with van der Waals surface area (Å²) in [6, 6.07) is 3.08. The van der Waals surface area contributed by atoms with Gasteiger partial charge < -0.3 is 14.2 Å². The first kappa shape index (κ1) is 20.0. The number of nitrogens with one attached hydrogen (secondary N) is 1. The lowest BCUT2D eigenvalue weighted by Crippen LogP contribution is -2.46. The number of benzene rings is 1. The highest BCUT2D eigenvalue weighted by Crippen LogP contribution is 2.34. The molecule has 2 heterocycles. The number of rotatable bonds is 3. The summed E-state index contributed by atoms with van der Waals surface area (Å²) >= 11 is 0. The number of carbonyl (C=O) groups excluding carboxylic acids is 1. The van der Waals surface area contributed by atoms with Crippen LogP contribution in [0.1, 0.15) is 35.6 Å². The maximum absolute atomic E-state index is 13.7. The van der Waals surface area contributed by atoms with Crippen molar-refractivity contribution in [3.05, 3.63) is 57.3 Å². The van der Waals surface area contributed by atoms with Gasteiger partial charge in [0.15, 0.2) is 0 Å². The van der Waals surface area contributed by atoms with Crippen molar-refractivity contribution in [3.8, 4) is 0 Å². The lowest BCUT2D eigenvalue weighted by molar-refractivity contribution is -0.137. The number of H-pyrrole nitrogens is 1. The Morgan fingerprint density at radius 2 is 2.07 bits per heavy atom. The number of ether oxygens (including phenoxy) is 1. The van der Waals surface area contributed by atoms with E-state index in [0.717, 1.165) is 12.1 Å². The fraction of sp³-hybridized carbons (Fsp3) is 0.444. The van der Waals surface area contributed by atoms with Crippen LogP contribution in [0.4, 0.5) is 22.4 Å². The van der Waals surface area contributed by atoms with Crippen LogP contribution in [0.15, 0.2) is 33.6 Å². The fourth-order valence-electron chi connectivity index (χ4n) is 3.56. The highest BCUT2D eigenvalue weighted by molar-refractivity contribution is 5.68. The summed E-state index contributed by atoms with van der Waals surface area (Å²) in [7, 11) is 1.21. The molecule has 3 rings (SSSR count). The Kier molecular flexibility index (Phi) is 5.48. The number of methoxy groups -OCH3 is 1. The van der Waals surface area contributed by atoms with Crippen LogP contribution in [-0.4, -0.2) is 35.8 Å². The number of hydrogen-bond acceptors (Lipinski definition) is 4. The monoisotopic (exact) mass is 402 g/mol. The number of nitrogens with zero attached hydrogens (tertiary/aromatic N) is 1. The molecule has 1 aromatic heterocycles. The summed E-state index contributed by atoms with van der Waals surface area (Å²) in [6.07, 6.45) is -4.48. The van der Waals surface area contributed by atoms with Gasteiger partial charge in [-0.1, -0.05) is 0 Å². The number of piperidine rings is 1. The van der Waals surface area contributed by atoms with E-state index in [0.29, 0.717) is 24.7 Å². The second-order valence-electron chi connectivity index (χ2n) is 6.70. The van der Waals surface area contributed by atoms with E-state index in [2.05, 4.69) is 5.16 Å². The molecule has 10 heteroatoms. The summed E-state index contributed by atoms with van der Waals surface area (Å²) < 4.78 is 62.5. The summed E-state index contributed by atoms with van der Waals surface area (Å²) in [6.45, 7) is 0.262. The number of alkyl halides is 3. The van der Waals surface area contributed by atoms with Gasteiger partial charge in [-0.15, -0.1) is 0 Å². The van der Waals surface area contributed by atoms with Crippen molar-refractivity contribution < 1.29 is 31.6 Å². The van der Waals surface area contributed by atoms with Gasteiger partial charge in [-0.05, 0) is 43.0 Å². The Balaban J connectivity index is 1.87. The molecule has 2 atom stereocenters. The minimum Gasteiger partial charge on any atom is -0.453 e. The average Bonchev–Trinajstić information content (AvgIpc) is 3.06. The predicted octanol–water partition coefficient (Wildman–Crippen LogP) is 3.68. The number of halogens is 4. The lowest BCUT2D eigenvalue weighted by atomic mass is 9.86. The molecule has 0 aliphatic carbocycles. The van der Waals surface area contributed by atoms with Crippen molar-refractivity contribution >= 4 is 6.09 Å². The first-order chi connectivity index (χ1) is 13.2. The fourth-order valence-corrected chi connectivity index (χ4v) is 3.56. The molecule has 28 heavy (non-hydrogen) atoms. The van der Waals surface area contributed by atoms with Crippen molar-refractivity contribution in [2.75, 3.05) is 13.7 Å². The van der Waals surface area contributed by atoms with E-state index in [1.165, 1.54) is 18.1 Å². The zero-order valence-corrected chi connectivity index (χ0v) is 14.9. The largest absolute Gasteiger partial charge is 0.453 e. The van der Waals surface area contributed by atoms with Crippen molar-refractivity contribution in [1.29, 1.82) is 0 Å². The van der Waals surface area contributed by atoms with Crippen LogP contribution in [0.3, 0.4) is 0 Å². The van der Waals surface area contributed by atoms with Gasteiger partial charge in [0.25, 0.3) is 5.56 Å². The normalized spacial score (nSPS) is 20.2. The number of aromatic nitrogens is 1. The molecule has 0 radical (unpaired) electrons. The van der Waals surface area contributed by atoms with Crippen LogP contribution in [0.2, 0.25) is 0 Å². The Hall–Kier alpha value is -2.78. The van der Waals surface area contributed by atoms with E-state index >= 15 is 0 Å². The van der Waals surface area contributed by atoms with Gasteiger partial charge in [0.2, 0.25) is 0 Å². The third-order valence-electron chi connectivity index (χ3n) is 4.83. The van der Waals surface area contributed by atoms with Crippen LogP contribution in [0.25, 0.3) is 0 Å². The molecular formula is C18H18F4N2O4. The zero-order valence-electron chi connectivity index (χ0n) is 14.9. The van der Waals surface area contributed by atoms with Crippen LogP contribution < -0.4 is 5.56 Å². The van der Waals surface area contributed by atoms with Crippen molar-refractivity contribution in [2.24, 2.45) is 0 Å². The smallest absolute Gasteiger partial charge is 0.416 e. The van der Waals surface area contributed by atoms with E-state index in [1.807, 2.05) is 0 Å². The molecule has 1 amide bonds. The maximum atomic E-state index is 13.7. The Morgan fingerprint density at radius 1 is 1.32 bits per heavy atom. The van der Waals surface area contributed by atoms with Crippen molar-refractivity contribution in [1.82, 2.24) is 10.1 Å². The van der Waals surface area contributed by atoms with Crippen molar-refractivity contribution in [2.45, 2.75) is 37.4 Å². The second kappa shape index (κ2) is 7.69. The zero-order chi connectivity index (χ0) is 20.5. The van der Waals surface area contributed by atoms with Gasteiger partial charge in [-0.2, -0.15) is 18.3 Å². The summed E-state index contributed by atoms with van der Waals surface area (Å²) in [5.41, 5.74) is -1.37. The van der Waals surface area contributed by atoms with E-state index in [1.54, 1.807) is 0 Å². The number of carbonyl (C=O) groups is 1. The minimum atomic E-state index is -4.68. The summed E-state index contributed by atoms with van der Waals surface area (Å²) in [5, 5.41) is 2.20. The molecule has 0 spiro atoms. The number of aromatic amines is 1. The van der Waals surface area contributed by atoms with Gasteiger partial charge in [0, 0.05) is 24.6 Å². The van der Waals surface area contributed by atoms with Gasteiger partial charge in [0.05, 0.1) is 12.7 Å². The first-order valence-electron chi connectivity index (χ1n) is 8.57. The Morgan fingerprint density at radius 3 is 2.68 bits per heavy atom. The van der Waals surface area contributed by atoms with E-state index in [9.17, 15) is 27.2 Å². The quantitative estimate of drug-likeness (QED) is 0.795. The molecule has 6 nitrogen and oxygen atoms in total. The average molecular weight is 402 g/mol. The van der Waals surface area contributed by atoms with Gasteiger partial charge >= 0.3 is 12.3 Å². The number of hydrogen-bond donors (Lipinski definition) is 1. The SMILES string of the molecule is COC(=O)N1CC[C@@H](c2cc(=O)[nH]o2)C[C@H]1Cc1cc(F)cc(C(F)(F)F)c1. The standard InChI is InChI=1S/C18H18F4N2O4/c1-27-17(26)24-3-2-11(15-9-16(25)23-28-15)7-14(24)6-10-4-12(18(20,21)22)8-13(19)5-10/h4-5,8-9,11,14H,2-3,6-7H2,1H3,(H,23,25)/t11-,14-/m1/s1. The van der Waals surface area contributed by atoms with E-state index < -0.39 is 35.3 Å². The van der Waals surface area contributed by atoms with Crippen molar-refractivity contribution in [3.63, 3.8) is 0 Å². The predicted molar refractivity (Wildman–Crippen MR) is 89.3 cm³/mol. The third kappa shape index (κ3) is 4.37. The first-order valence-corrected chi connectivity index (χ1v) is 8.57. The summed E-state index contributed by atoms with van der Waals surface area (Å²) in [4.78, 5) is 24.8. The van der Waals surface area contributed by atoms with Crippen LogP contribution >= 0.6 is 0 Å². The molecule has 1 aliphatic rings. The second-order valence-corrected chi connectivity index (χ2v) is 6.70. The lowest BCUT2D eigenvalue weighted by Gasteiger charge is -2.38. The molecule has 152 valence electrons. The highest BCUT2D eigenvalue weighted by atomic mass is 19.4. The highest BCUT2D eigenvalue weighted by Gasteiger charge is 2.36. The molecule has 0 saturated carbocycles. The number of amides is 1. The molecule has 0 bridgehead atoms.